The maximum atomic E-state index is 12.4. The molecule has 1 heterocycles. The van der Waals surface area contributed by atoms with E-state index >= 15 is 0 Å². The average Bonchev–Trinajstić information content (AvgIpc) is 3.34. The highest BCUT2D eigenvalue weighted by molar-refractivity contribution is 9.10. The highest BCUT2D eigenvalue weighted by Crippen LogP contribution is 2.31. The maximum absolute atomic E-state index is 12.4. The Morgan fingerprint density at radius 2 is 1.72 bits per heavy atom. The number of amides is 2. The van der Waals surface area contributed by atoms with Crippen molar-refractivity contribution in [1.29, 1.82) is 0 Å². The molecule has 1 aromatic heterocycles. The Morgan fingerprint density at radius 3 is 2.44 bits per heavy atom. The van der Waals surface area contributed by atoms with Crippen molar-refractivity contribution >= 4 is 50.1 Å². The number of carbonyl (C=O) groups excluding carboxylic acids is 2. The molecule has 2 N–H and O–H groups in total. The number of rotatable bonds is 4. The van der Waals surface area contributed by atoms with Crippen LogP contribution in [-0.2, 0) is 4.79 Å². The van der Waals surface area contributed by atoms with Crippen LogP contribution >= 0.6 is 15.9 Å². The van der Waals surface area contributed by atoms with Gasteiger partial charge in [-0.25, -0.2) is 0 Å². The average molecular weight is 399 g/mol. The van der Waals surface area contributed by atoms with Crippen LogP contribution in [-0.4, -0.2) is 11.8 Å². The summed E-state index contributed by atoms with van der Waals surface area (Å²) in [4.78, 5) is 24.3. The van der Waals surface area contributed by atoms with Crippen LogP contribution in [0.1, 0.15) is 23.4 Å². The minimum Gasteiger partial charge on any atom is -0.450 e. The zero-order valence-corrected chi connectivity index (χ0v) is 14.8. The lowest BCUT2D eigenvalue weighted by Crippen LogP contribution is -2.14. The molecule has 1 aliphatic rings. The van der Waals surface area contributed by atoms with E-state index in [0.717, 1.165) is 22.7 Å². The fourth-order valence-electron chi connectivity index (χ4n) is 2.60. The molecule has 0 radical (unpaired) electrons. The van der Waals surface area contributed by atoms with E-state index in [9.17, 15) is 9.59 Å². The van der Waals surface area contributed by atoms with E-state index in [1.165, 1.54) is 0 Å². The van der Waals surface area contributed by atoms with Crippen LogP contribution in [0.5, 0.6) is 0 Å². The molecule has 25 heavy (non-hydrogen) atoms. The molecule has 0 saturated heterocycles. The van der Waals surface area contributed by atoms with E-state index in [1.807, 2.05) is 18.2 Å². The van der Waals surface area contributed by atoms with Gasteiger partial charge in [0.15, 0.2) is 5.76 Å². The standard InChI is InChI=1S/C19H15BrN2O3/c20-15-6-1-3-12-9-16(25-17(12)15)19(24)22-14-5-2-4-13(10-14)21-18(23)11-7-8-11/h1-6,9-11H,7-8H2,(H,21,23)(H,22,24). The predicted molar refractivity (Wildman–Crippen MR) is 99.7 cm³/mol. The number of nitrogens with one attached hydrogen (secondary N) is 2. The molecule has 6 heteroatoms. The van der Waals surface area contributed by atoms with E-state index in [4.69, 9.17) is 4.42 Å². The number of para-hydroxylation sites is 1. The number of benzene rings is 2. The first kappa shape index (κ1) is 15.9. The Bertz CT molecular complexity index is 976. The molecule has 5 nitrogen and oxygen atoms in total. The molecule has 0 aliphatic heterocycles. The van der Waals surface area contributed by atoms with Crippen molar-refractivity contribution in [2.75, 3.05) is 10.6 Å². The Labute approximate surface area is 152 Å². The monoisotopic (exact) mass is 398 g/mol. The zero-order valence-electron chi connectivity index (χ0n) is 13.2. The molecule has 4 rings (SSSR count). The molecular formula is C19H15BrN2O3. The van der Waals surface area contributed by atoms with Crippen LogP contribution in [0.25, 0.3) is 11.0 Å². The molecular weight excluding hydrogens is 384 g/mol. The summed E-state index contributed by atoms with van der Waals surface area (Å²) >= 11 is 3.41. The molecule has 0 spiro atoms. The Morgan fingerprint density at radius 1 is 1.00 bits per heavy atom. The lowest BCUT2D eigenvalue weighted by atomic mass is 10.2. The summed E-state index contributed by atoms with van der Waals surface area (Å²) in [5, 5.41) is 6.52. The zero-order chi connectivity index (χ0) is 17.4. The van der Waals surface area contributed by atoms with Crippen LogP contribution in [0, 0.1) is 5.92 Å². The number of furan rings is 1. The van der Waals surface area contributed by atoms with E-state index in [2.05, 4.69) is 26.6 Å². The third kappa shape index (κ3) is 3.44. The maximum Gasteiger partial charge on any atom is 0.291 e. The van der Waals surface area contributed by atoms with Gasteiger partial charge in [0.05, 0.1) is 4.47 Å². The van der Waals surface area contributed by atoms with Gasteiger partial charge in [0.1, 0.15) is 5.58 Å². The molecule has 1 saturated carbocycles. The fourth-order valence-corrected chi connectivity index (χ4v) is 3.06. The first-order valence-corrected chi connectivity index (χ1v) is 8.80. The lowest BCUT2D eigenvalue weighted by molar-refractivity contribution is -0.117. The van der Waals surface area contributed by atoms with Gasteiger partial charge >= 0.3 is 0 Å². The Kier molecular flexibility index (Phi) is 4.05. The molecule has 0 atom stereocenters. The summed E-state index contributed by atoms with van der Waals surface area (Å²) in [5.41, 5.74) is 1.90. The van der Waals surface area contributed by atoms with Crippen LogP contribution in [0.3, 0.4) is 0 Å². The first-order valence-electron chi connectivity index (χ1n) is 8.00. The minimum absolute atomic E-state index is 0.0330. The molecule has 3 aromatic rings. The van der Waals surface area contributed by atoms with Crippen molar-refractivity contribution in [3.8, 4) is 0 Å². The number of anilines is 2. The minimum atomic E-state index is -0.339. The van der Waals surface area contributed by atoms with E-state index < -0.39 is 0 Å². The molecule has 126 valence electrons. The van der Waals surface area contributed by atoms with Crippen molar-refractivity contribution in [2.45, 2.75) is 12.8 Å². The van der Waals surface area contributed by atoms with Gasteiger partial charge in [0.2, 0.25) is 5.91 Å². The van der Waals surface area contributed by atoms with Gasteiger partial charge in [-0.1, -0.05) is 18.2 Å². The molecule has 2 amide bonds. The second-order valence-electron chi connectivity index (χ2n) is 6.07. The van der Waals surface area contributed by atoms with Gasteiger partial charge in [0, 0.05) is 22.7 Å². The van der Waals surface area contributed by atoms with Crippen molar-refractivity contribution in [2.24, 2.45) is 5.92 Å². The van der Waals surface area contributed by atoms with Crippen LogP contribution in [0.2, 0.25) is 0 Å². The summed E-state index contributed by atoms with van der Waals surface area (Å²) in [6.07, 6.45) is 1.90. The van der Waals surface area contributed by atoms with Crippen molar-refractivity contribution < 1.29 is 14.0 Å². The molecule has 0 bridgehead atoms. The number of hydrogen-bond acceptors (Lipinski definition) is 3. The summed E-state index contributed by atoms with van der Waals surface area (Å²) in [7, 11) is 0. The predicted octanol–water partition coefficient (Wildman–Crippen LogP) is 4.80. The third-order valence-corrected chi connectivity index (χ3v) is 4.68. The van der Waals surface area contributed by atoms with Crippen molar-refractivity contribution in [1.82, 2.24) is 0 Å². The van der Waals surface area contributed by atoms with Gasteiger partial charge < -0.3 is 15.1 Å². The van der Waals surface area contributed by atoms with Crippen molar-refractivity contribution in [3.05, 3.63) is 58.8 Å². The topological polar surface area (TPSA) is 71.3 Å². The SMILES string of the molecule is O=C(Nc1cccc(NC(=O)C2CC2)c1)c1cc2cccc(Br)c2o1. The third-order valence-electron chi connectivity index (χ3n) is 4.06. The van der Waals surface area contributed by atoms with Gasteiger partial charge in [-0.2, -0.15) is 0 Å². The summed E-state index contributed by atoms with van der Waals surface area (Å²) < 4.78 is 6.44. The van der Waals surface area contributed by atoms with Gasteiger partial charge in [-0.3, -0.25) is 9.59 Å². The molecule has 0 unspecified atom stereocenters. The summed E-state index contributed by atoms with van der Waals surface area (Å²) in [6, 6.07) is 14.4. The van der Waals surface area contributed by atoms with Gasteiger partial charge in [0.25, 0.3) is 5.91 Å². The fraction of sp³-hybridized carbons (Fsp3) is 0.158. The van der Waals surface area contributed by atoms with E-state index in [1.54, 1.807) is 30.3 Å². The molecule has 1 aliphatic carbocycles. The smallest absolute Gasteiger partial charge is 0.291 e. The molecule has 1 fully saturated rings. The number of fused-ring (bicyclic) bond motifs is 1. The number of carbonyl (C=O) groups is 2. The van der Waals surface area contributed by atoms with E-state index in [-0.39, 0.29) is 23.5 Å². The highest BCUT2D eigenvalue weighted by atomic mass is 79.9. The number of hydrogen-bond donors (Lipinski definition) is 2. The Hall–Kier alpha value is -2.60. The lowest BCUT2D eigenvalue weighted by Gasteiger charge is -2.07. The molecule has 2 aromatic carbocycles. The normalized spacial score (nSPS) is 13.6. The summed E-state index contributed by atoms with van der Waals surface area (Å²) in [6.45, 7) is 0. The highest BCUT2D eigenvalue weighted by Gasteiger charge is 2.29. The van der Waals surface area contributed by atoms with Gasteiger partial charge in [-0.15, -0.1) is 0 Å². The van der Waals surface area contributed by atoms with Gasteiger partial charge in [-0.05, 0) is 59.1 Å². The van der Waals surface area contributed by atoms with Crippen molar-refractivity contribution in [3.63, 3.8) is 0 Å². The second kappa shape index (κ2) is 6.37. The second-order valence-corrected chi connectivity index (χ2v) is 6.92. The van der Waals surface area contributed by atoms with Crippen LogP contribution in [0.4, 0.5) is 11.4 Å². The van der Waals surface area contributed by atoms with Crippen LogP contribution < -0.4 is 10.6 Å². The summed E-state index contributed by atoms with van der Waals surface area (Å²) in [5.74, 6) is 0.0564. The first-order chi connectivity index (χ1) is 12.1. The van der Waals surface area contributed by atoms with Crippen LogP contribution in [0.15, 0.2) is 57.4 Å². The largest absolute Gasteiger partial charge is 0.450 e. The number of halogens is 1. The Balaban J connectivity index is 1.51. The van der Waals surface area contributed by atoms with E-state index in [0.29, 0.717) is 17.0 Å². The quantitative estimate of drug-likeness (QED) is 0.662.